The van der Waals surface area contributed by atoms with Crippen molar-refractivity contribution in [1.29, 1.82) is 0 Å². The van der Waals surface area contributed by atoms with Crippen molar-refractivity contribution in [2.75, 3.05) is 4.90 Å². The number of benzene rings is 13. The van der Waals surface area contributed by atoms with Crippen LogP contribution in [0.15, 0.2) is 249 Å². The molecule has 0 heterocycles. The molecule has 1 nitrogen and oxygen atoms in total. The van der Waals surface area contributed by atoms with E-state index in [0.717, 1.165) is 17.1 Å². The molecule has 13 aromatic rings. The first-order valence-corrected chi connectivity index (χ1v) is 28.5. The van der Waals surface area contributed by atoms with Gasteiger partial charge in [0.2, 0.25) is 0 Å². The molecule has 0 spiro atoms. The average molecular weight is 1020 g/mol. The predicted octanol–water partition coefficient (Wildman–Crippen LogP) is 21.7. The second kappa shape index (κ2) is 16.9. The van der Waals surface area contributed by atoms with Crippen LogP contribution in [0.2, 0.25) is 0 Å². The SMILES string of the molecule is CC1(C)c2cc(-c3ccccc3)ccc2-c2ccc(N(c3ccc4c(c3)C(C)(C)c3cc(-c5cc6ccccc6c6ccccc56)ccc3-4)c3ccc4c(c3)C(C)(C)c3cc(-c5cc6ccccc6c6ccccc56)ccc3-4)cc21. The molecule has 0 saturated heterocycles. The monoisotopic (exact) mass is 1020 g/mol. The highest BCUT2D eigenvalue weighted by Gasteiger charge is 2.40. The first-order valence-electron chi connectivity index (χ1n) is 28.5. The molecule has 0 radical (unpaired) electrons. The third-order valence-electron chi connectivity index (χ3n) is 19.0. The molecule has 0 fully saturated rings. The zero-order valence-corrected chi connectivity index (χ0v) is 46.1. The summed E-state index contributed by atoms with van der Waals surface area (Å²) < 4.78 is 0. The van der Waals surface area contributed by atoms with Crippen LogP contribution < -0.4 is 4.90 Å². The van der Waals surface area contributed by atoms with Crippen LogP contribution in [0.3, 0.4) is 0 Å². The Morgan fingerprint density at radius 2 is 0.512 bits per heavy atom. The molecule has 0 N–H and O–H groups in total. The standard InChI is InChI=1S/C79H59N/c1-77(2)71-42-49(48-18-8-7-9-19-48)28-34-63(71)66-37-31-54(45-74(66)77)80(55-32-38-67-64-35-29-52(43-72(64)78(3,4)75(67)46-55)69-40-50-20-10-12-22-57(50)59-24-14-16-26-61(59)69)56-33-39-68-65-36-30-53(44-73(65)79(5,6)76(68)47-56)70-41-51-21-11-13-23-58(51)60-25-15-17-27-62(60)70/h7-47H,1-6H3. The summed E-state index contributed by atoms with van der Waals surface area (Å²) in [6.07, 6.45) is 0. The fourth-order valence-electron chi connectivity index (χ4n) is 14.8. The summed E-state index contributed by atoms with van der Waals surface area (Å²) in [4.78, 5) is 2.55. The van der Waals surface area contributed by atoms with E-state index in [1.165, 1.54) is 143 Å². The lowest BCUT2D eigenvalue weighted by Gasteiger charge is -2.31. The molecule has 80 heavy (non-hydrogen) atoms. The Morgan fingerprint density at radius 1 is 0.212 bits per heavy atom. The fraction of sp³-hybridized carbons (Fsp3) is 0.114. The van der Waals surface area contributed by atoms with Gasteiger partial charge in [-0.1, -0.05) is 224 Å². The molecular formula is C79H59N. The summed E-state index contributed by atoms with van der Waals surface area (Å²) in [6, 6.07) is 94.4. The van der Waals surface area contributed by atoms with Crippen LogP contribution in [0.1, 0.15) is 74.9 Å². The lowest BCUT2D eigenvalue weighted by Crippen LogP contribution is -2.19. The van der Waals surface area contributed by atoms with Gasteiger partial charge < -0.3 is 4.90 Å². The summed E-state index contributed by atoms with van der Waals surface area (Å²) in [5.74, 6) is 0. The second-order valence-corrected chi connectivity index (χ2v) is 24.4. The van der Waals surface area contributed by atoms with Crippen LogP contribution in [0, 0.1) is 0 Å². The highest BCUT2D eigenvalue weighted by atomic mass is 15.1. The largest absolute Gasteiger partial charge is 0.310 e. The molecule has 3 aliphatic rings. The van der Waals surface area contributed by atoms with E-state index in [2.05, 4.69) is 295 Å². The topological polar surface area (TPSA) is 3.24 Å². The van der Waals surface area contributed by atoms with Gasteiger partial charge in [0.15, 0.2) is 0 Å². The number of anilines is 3. The number of hydrogen-bond acceptors (Lipinski definition) is 1. The van der Waals surface area contributed by atoms with Crippen LogP contribution in [-0.2, 0) is 16.2 Å². The summed E-state index contributed by atoms with van der Waals surface area (Å²) in [6.45, 7) is 14.5. The van der Waals surface area contributed by atoms with Crippen molar-refractivity contribution in [2.24, 2.45) is 0 Å². The van der Waals surface area contributed by atoms with Gasteiger partial charge in [0.1, 0.15) is 0 Å². The Morgan fingerprint density at radius 3 is 0.912 bits per heavy atom. The Hall–Kier alpha value is -9.30. The van der Waals surface area contributed by atoms with Gasteiger partial charge in [-0.2, -0.15) is 0 Å². The van der Waals surface area contributed by atoms with E-state index in [1.807, 2.05) is 0 Å². The molecule has 0 bridgehead atoms. The van der Waals surface area contributed by atoms with Crippen molar-refractivity contribution >= 4 is 60.2 Å². The molecule has 1 heteroatoms. The molecule has 380 valence electrons. The van der Waals surface area contributed by atoms with Crippen LogP contribution in [0.4, 0.5) is 17.1 Å². The van der Waals surface area contributed by atoms with Gasteiger partial charge in [0, 0.05) is 33.3 Å². The third kappa shape index (κ3) is 6.71. The van der Waals surface area contributed by atoms with E-state index < -0.39 is 0 Å². The van der Waals surface area contributed by atoms with E-state index >= 15 is 0 Å². The minimum atomic E-state index is -0.261. The van der Waals surface area contributed by atoms with E-state index in [-0.39, 0.29) is 16.2 Å². The summed E-state index contributed by atoms with van der Waals surface area (Å²) in [7, 11) is 0. The van der Waals surface area contributed by atoms with Gasteiger partial charge in [-0.3, -0.25) is 0 Å². The molecular weight excluding hydrogens is 963 g/mol. The predicted molar refractivity (Wildman–Crippen MR) is 340 cm³/mol. The van der Waals surface area contributed by atoms with E-state index in [0.29, 0.717) is 0 Å². The third-order valence-corrected chi connectivity index (χ3v) is 19.0. The molecule has 3 aliphatic carbocycles. The smallest absolute Gasteiger partial charge is 0.0465 e. The maximum Gasteiger partial charge on any atom is 0.0465 e. The zero-order chi connectivity index (χ0) is 53.8. The Labute approximate surface area is 469 Å². The highest BCUT2D eigenvalue weighted by Crippen LogP contribution is 2.57. The summed E-state index contributed by atoms with van der Waals surface area (Å²) in [5.41, 5.74) is 26.3. The van der Waals surface area contributed by atoms with Gasteiger partial charge in [0.25, 0.3) is 0 Å². The van der Waals surface area contributed by atoms with Gasteiger partial charge >= 0.3 is 0 Å². The minimum absolute atomic E-state index is 0.220. The summed E-state index contributed by atoms with van der Waals surface area (Å²) >= 11 is 0. The van der Waals surface area contributed by atoms with E-state index in [1.54, 1.807) is 0 Å². The van der Waals surface area contributed by atoms with Crippen molar-refractivity contribution in [3.05, 3.63) is 282 Å². The normalized spacial score (nSPS) is 14.7. The molecule has 0 aliphatic heterocycles. The first-order chi connectivity index (χ1) is 38.9. The van der Waals surface area contributed by atoms with Gasteiger partial charge in [0.05, 0.1) is 0 Å². The number of nitrogens with zero attached hydrogens (tertiary/aromatic N) is 1. The van der Waals surface area contributed by atoms with Crippen molar-refractivity contribution in [1.82, 2.24) is 0 Å². The maximum atomic E-state index is 2.55. The van der Waals surface area contributed by atoms with Gasteiger partial charge in [-0.25, -0.2) is 0 Å². The molecule has 0 unspecified atom stereocenters. The van der Waals surface area contributed by atoms with Crippen LogP contribution in [0.5, 0.6) is 0 Å². The fourth-order valence-corrected chi connectivity index (χ4v) is 14.8. The Bertz CT molecular complexity index is 4570. The molecule has 0 aromatic heterocycles. The minimum Gasteiger partial charge on any atom is -0.310 e. The highest BCUT2D eigenvalue weighted by molar-refractivity contribution is 6.15. The Kier molecular flexibility index (Phi) is 9.85. The molecule has 0 atom stereocenters. The van der Waals surface area contributed by atoms with E-state index in [9.17, 15) is 0 Å². The molecule has 16 rings (SSSR count). The maximum absolute atomic E-state index is 2.55. The second-order valence-electron chi connectivity index (χ2n) is 24.4. The van der Waals surface area contributed by atoms with Crippen LogP contribution in [-0.4, -0.2) is 0 Å². The number of hydrogen-bond donors (Lipinski definition) is 0. The van der Waals surface area contributed by atoms with Crippen molar-refractivity contribution in [3.63, 3.8) is 0 Å². The van der Waals surface area contributed by atoms with Crippen molar-refractivity contribution < 1.29 is 0 Å². The molecule has 0 amide bonds. The lowest BCUT2D eigenvalue weighted by atomic mass is 9.80. The van der Waals surface area contributed by atoms with E-state index in [4.69, 9.17) is 0 Å². The lowest BCUT2D eigenvalue weighted by molar-refractivity contribution is 0.659. The van der Waals surface area contributed by atoms with Crippen LogP contribution in [0.25, 0.3) is 110 Å². The van der Waals surface area contributed by atoms with Gasteiger partial charge in [-0.15, -0.1) is 0 Å². The summed E-state index contributed by atoms with van der Waals surface area (Å²) in [5, 5.41) is 10.3. The molecule has 13 aromatic carbocycles. The molecule has 0 saturated carbocycles. The average Bonchev–Trinajstić information content (AvgIpc) is 4.05. The first kappa shape index (κ1) is 46.8. The quantitative estimate of drug-likeness (QED) is 0.150. The Balaban J connectivity index is 0.832. The van der Waals surface area contributed by atoms with Gasteiger partial charge in [-0.05, 0) is 210 Å². The van der Waals surface area contributed by atoms with Crippen LogP contribution >= 0.6 is 0 Å². The number of rotatable bonds is 6. The number of fused-ring (bicyclic) bond motifs is 15. The van der Waals surface area contributed by atoms with Crippen molar-refractivity contribution in [2.45, 2.75) is 57.8 Å². The zero-order valence-electron chi connectivity index (χ0n) is 46.1. The van der Waals surface area contributed by atoms with Crippen molar-refractivity contribution in [3.8, 4) is 66.8 Å².